The van der Waals surface area contributed by atoms with Crippen LogP contribution in [-0.2, 0) is 0 Å². The Morgan fingerprint density at radius 3 is 2.56 bits per heavy atom. The van der Waals surface area contributed by atoms with Gasteiger partial charge in [-0.2, -0.15) is 0 Å². The van der Waals surface area contributed by atoms with Crippen molar-refractivity contribution in [1.82, 2.24) is 0 Å². The average molecular weight is 241 g/mol. The van der Waals surface area contributed by atoms with E-state index in [2.05, 4.69) is 0 Å². The first kappa shape index (κ1) is 11.6. The van der Waals surface area contributed by atoms with Crippen LogP contribution in [0.4, 0.5) is 0 Å². The van der Waals surface area contributed by atoms with E-state index in [4.69, 9.17) is 21.1 Å². The number of rotatable bonds is 3. The molecule has 1 saturated carbocycles. The van der Waals surface area contributed by atoms with Gasteiger partial charge in [0.15, 0.2) is 0 Å². The number of halogens is 1. The molecule has 88 valence electrons. The summed E-state index contributed by atoms with van der Waals surface area (Å²) < 4.78 is 10.6. The van der Waals surface area contributed by atoms with E-state index < -0.39 is 0 Å². The molecular weight excluding hydrogens is 224 g/mol. The number of ether oxygens (including phenoxy) is 2. The summed E-state index contributed by atoms with van der Waals surface area (Å²) in [5.41, 5.74) is 1.18. The number of benzene rings is 1. The van der Waals surface area contributed by atoms with Gasteiger partial charge in [0.25, 0.3) is 0 Å². The maximum absolute atomic E-state index is 6.34. The third kappa shape index (κ3) is 2.12. The number of hydrogen-bond acceptors (Lipinski definition) is 2. The summed E-state index contributed by atoms with van der Waals surface area (Å²) in [5, 5.41) is 0.223. The van der Waals surface area contributed by atoms with Crippen LogP contribution in [0, 0.1) is 0 Å². The average Bonchev–Trinajstić information content (AvgIpc) is 2.74. The van der Waals surface area contributed by atoms with Gasteiger partial charge in [0.05, 0.1) is 14.2 Å². The second-order valence-corrected chi connectivity index (χ2v) is 4.72. The molecule has 1 aliphatic carbocycles. The van der Waals surface area contributed by atoms with E-state index in [1.807, 2.05) is 18.2 Å². The Hall–Kier alpha value is -0.890. The topological polar surface area (TPSA) is 18.5 Å². The molecule has 0 saturated heterocycles. The van der Waals surface area contributed by atoms with Gasteiger partial charge in [-0.3, -0.25) is 0 Å². The van der Waals surface area contributed by atoms with Gasteiger partial charge in [-0.15, -0.1) is 11.6 Å². The molecule has 2 nitrogen and oxygen atoms in total. The Bertz CT molecular complexity index is 365. The Morgan fingerprint density at radius 2 is 2.00 bits per heavy atom. The number of alkyl halides is 1. The number of hydrogen-bond donors (Lipinski definition) is 0. The van der Waals surface area contributed by atoms with Crippen LogP contribution in [0.15, 0.2) is 18.2 Å². The summed E-state index contributed by atoms with van der Waals surface area (Å²) in [6.07, 6.45) is 3.42. The van der Waals surface area contributed by atoms with E-state index >= 15 is 0 Å². The summed E-state index contributed by atoms with van der Waals surface area (Å²) in [5.74, 6) is 2.18. The van der Waals surface area contributed by atoms with E-state index in [1.54, 1.807) is 14.2 Å². The molecule has 0 bridgehead atoms. The predicted molar refractivity (Wildman–Crippen MR) is 65.8 cm³/mol. The van der Waals surface area contributed by atoms with Gasteiger partial charge >= 0.3 is 0 Å². The lowest BCUT2D eigenvalue weighted by atomic mass is 9.96. The van der Waals surface area contributed by atoms with Gasteiger partial charge in [0.2, 0.25) is 0 Å². The Labute approximate surface area is 102 Å². The highest BCUT2D eigenvalue weighted by Gasteiger charge is 2.29. The van der Waals surface area contributed by atoms with Crippen molar-refractivity contribution in [3.63, 3.8) is 0 Å². The zero-order valence-corrected chi connectivity index (χ0v) is 10.5. The first-order chi connectivity index (χ1) is 7.76. The molecule has 0 amide bonds. The van der Waals surface area contributed by atoms with Crippen molar-refractivity contribution in [2.24, 2.45) is 0 Å². The second-order valence-electron chi connectivity index (χ2n) is 4.16. The normalized spacial score (nSPS) is 24.4. The van der Waals surface area contributed by atoms with Crippen molar-refractivity contribution < 1.29 is 9.47 Å². The summed E-state index contributed by atoms with van der Waals surface area (Å²) >= 11 is 6.34. The Kier molecular flexibility index (Phi) is 3.59. The summed E-state index contributed by atoms with van der Waals surface area (Å²) in [4.78, 5) is 0. The molecule has 1 fully saturated rings. The zero-order valence-electron chi connectivity index (χ0n) is 9.70. The van der Waals surface area contributed by atoms with Gasteiger partial charge in [0.1, 0.15) is 11.5 Å². The minimum absolute atomic E-state index is 0.223. The fourth-order valence-corrected chi connectivity index (χ4v) is 2.81. The SMILES string of the molecule is COc1ccc(OC)c(C2CCCC2Cl)c1. The van der Waals surface area contributed by atoms with Crippen LogP contribution in [0.1, 0.15) is 30.7 Å². The maximum Gasteiger partial charge on any atom is 0.122 e. The van der Waals surface area contributed by atoms with E-state index in [1.165, 1.54) is 12.0 Å². The molecule has 1 aliphatic rings. The molecule has 0 N–H and O–H groups in total. The Morgan fingerprint density at radius 1 is 1.19 bits per heavy atom. The van der Waals surface area contributed by atoms with Crippen molar-refractivity contribution in [3.8, 4) is 11.5 Å². The molecule has 1 aromatic carbocycles. The van der Waals surface area contributed by atoms with Crippen LogP contribution in [0.5, 0.6) is 11.5 Å². The van der Waals surface area contributed by atoms with E-state index in [0.29, 0.717) is 5.92 Å². The van der Waals surface area contributed by atoms with Gasteiger partial charge in [-0.05, 0) is 31.0 Å². The van der Waals surface area contributed by atoms with E-state index in [-0.39, 0.29) is 5.38 Å². The summed E-state index contributed by atoms with van der Waals surface area (Å²) in [6, 6.07) is 5.92. The van der Waals surface area contributed by atoms with Gasteiger partial charge in [0, 0.05) is 16.9 Å². The monoisotopic (exact) mass is 240 g/mol. The maximum atomic E-state index is 6.34. The molecule has 0 spiro atoms. The molecule has 0 aromatic heterocycles. The van der Waals surface area contributed by atoms with Crippen molar-refractivity contribution >= 4 is 11.6 Å². The van der Waals surface area contributed by atoms with Crippen molar-refractivity contribution in [3.05, 3.63) is 23.8 Å². The molecule has 3 heteroatoms. The fourth-order valence-electron chi connectivity index (χ4n) is 2.39. The first-order valence-corrected chi connectivity index (χ1v) is 6.06. The first-order valence-electron chi connectivity index (χ1n) is 5.62. The van der Waals surface area contributed by atoms with Crippen molar-refractivity contribution in [1.29, 1.82) is 0 Å². The largest absolute Gasteiger partial charge is 0.497 e. The number of methoxy groups -OCH3 is 2. The predicted octanol–water partition coefficient (Wildman–Crippen LogP) is 3.58. The fraction of sp³-hybridized carbons (Fsp3) is 0.538. The molecule has 2 atom stereocenters. The molecule has 0 aliphatic heterocycles. The molecule has 0 radical (unpaired) electrons. The molecule has 1 aromatic rings. The van der Waals surface area contributed by atoms with Crippen LogP contribution in [0.3, 0.4) is 0 Å². The van der Waals surface area contributed by atoms with Gasteiger partial charge in [-0.1, -0.05) is 6.42 Å². The summed E-state index contributed by atoms with van der Waals surface area (Å²) in [6.45, 7) is 0. The zero-order chi connectivity index (χ0) is 11.5. The smallest absolute Gasteiger partial charge is 0.122 e. The lowest BCUT2D eigenvalue weighted by molar-refractivity contribution is 0.395. The Balaban J connectivity index is 2.36. The quantitative estimate of drug-likeness (QED) is 0.752. The molecule has 0 heterocycles. The van der Waals surface area contributed by atoms with Crippen LogP contribution in [-0.4, -0.2) is 19.6 Å². The van der Waals surface area contributed by atoms with Crippen LogP contribution >= 0.6 is 11.6 Å². The molecule has 2 unspecified atom stereocenters. The lowest BCUT2D eigenvalue weighted by Crippen LogP contribution is -2.07. The van der Waals surface area contributed by atoms with E-state index in [9.17, 15) is 0 Å². The minimum atomic E-state index is 0.223. The standard InChI is InChI=1S/C13H17ClO2/c1-15-9-6-7-13(16-2)11(8-9)10-4-3-5-12(10)14/h6-8,10,12H,3-5H2,1-2H3. The van der Waals surface area contributed by atoms with Crippen LogP contribution in [0.2, 0.25) is 0 Å². The molecule has 2 rings (SSSR count). The van der Waals surface area contributed by atoms with Crippen LogP contribution < -0.4 is 9.47 Å². The highest BCUT2D eigenvalue weighted by Crippen LogP contribution is 2.42. The van der Waals surface area contributed by atoms with Gasteiger partial charge in [-0.25, -0.2) is 0 Å². The second kappa shape index (κ2) is 4.96. The molecule has 16 heavy (non-hydrogen) atoms. The lowest BCUT2D eigenvalue weighted by Gasteiger charge is -2.18. The minimum Gasteiger partial charge on any atom is -0.497 e. The van der Waals surface area contributed by atoms with Crippen LogP contribution in [0.25, 0.3) is 0 Å². The summed E-state index contributed by atoms with van der Waals surface area (Å²) in [7, 11) is 3.38. The van der Waals surface area contributed by atoms with Crippen molar-refractivity contribution in [2.45, 2.75) is 30.6 Å². The van der Waals surface area contributed by atoms with E-state index in [0.717, 1.165) is 24.3 Å². The highest BCUT2D eigenvalue weighted by atomic mass is 35.5. The van der Waals surface area contributed by atoms with Gasteiger partial charge < -0.3 is 9.47 Å². The third-order valence-corrected chi connectivity index (χ3v) is 3.79. The highest BCUT2D eigenvalue weighted by molar-refractivity contribution is 6.21. The third-order valence-electron chi connectivity index (χ3n) is 3.27. The molecular formula is C13H17ClO2. The van der Waals surface area contributed by atoms with Crippen molar-refractivity contribution in [2.75, 3.05) is 14.2 Å².